The molecule has 1 aliphatic heterocycles. The van der Waals surface area contributed by atoms with Crippen LogP contribution in [-0.4, -0.2) is 90.1 Å². The van der Waals surface area contributed by atoms with Crippen LogP contribution in [0.3, 0.4) is 0 Å². The molecule has 2 saturated carbocycles. The number of amides is 5. The molecule has 13 heteroatoms. The lowest BCUT2D eigenvalue weighted by molar-refractivity contribution is -0.144. The number of sulfone groups is 1. The zero-order chi connectivity index (χ0) is 36.9. The van der Waals surface area contributed by atoms with E-state index in [1.165, 1.54) is 11.0 Å². The number of rotatable bonds is 14. The monoisotopic (exact) mass is 707 g/mol. The van der Waals surface area contributed by atoms with E-state index in [1.54, 1.807) is 20.8 Å². The van der Waals surface area contributed by atoms with E-state index < -0.39 is 73.2 Å². The summed E-state index contributed by atoms with van der Waals surface area (Å²) in [5.41, 5.74) is -1.73. The van der Waals surface area contributed by atoms with E-state index in [0.29, 0.717) is 25.7 Å². The summed E-state index contributed by atoms with van der Waals surface area (Å²) < 4.78 is 25.6. The van der Waals surface area contributed by atoms with Crippen LogP contribution >= 0.6 is 0 Å². The van der Waals surface area contributed by atoms with Crippen LogP contribution in [0.2, 0.25) is 0 Å². The normalized spacial score (nSPS) is 22.5. The second-order valence-corrected chi connectivity index (χ2v) is 19.6. The molecule has 0 aromatic heterocycles. The van der Waals surface area contributed by atoms with E-state index in [0.717, 1.165) is 32.1 Å². The van der Waals surface area contributed by atoms with Gasteiger partial charge >= 0.3 is 6.03 Å². The van der Waals surface area contributed by atoms with Crippen molar-refractivity contribution in [2.24, 2.45) is 23.2 Å². The highest BCUT2D eigenvalue weighted by Gasteiger charge is 2.49. The van der Waals surface area contributed by atoms with Crippen LogP contribution in [0.25, 0.3) is 0 Å². The van der Waals surface area contributed by atoms with Crippen molar-refractivity contribution in [2.45, 2.75) is 142 Å². The van der Waals surface area contributed by atoms with Gasteiger partial charge in [-0.05, 0) is 69.6 Å². The third kappa shape index (κ3) is 10.5. The van der Waals surface area contributed by atoms with Crippen LogP contribution < -0.4 is 21.3 Å². The number of carbonyl (C=O) groups excluding carboxylic acids is 5. The Balaban J connectivity index is 1.86. The Morgan fingerprint density at radius 2 is 1.55 bits per heavy atom. The first-order valence-corrected chi connectivity index (χ1v) is 19.6. The fourth-order valence-corrected chi connectivity index (χ4v) is 8.54. The van der Waals surface area contributed by atoms with Crippen molar-refractivity contribution in [3.05, 3.63) is 12.7 Å². The summed E-state index contributed by atoms with van der Waals surface area (Å²) in [6, 6.07) is -3.59. The minimum absolute atomic E-state index is 0.0299. The average molecular weight is 708 g/mol. The van der Waals surface area contributed by atoms with Gasteiger partial charge in [-0.15, -0.1) is 6.58 Å². The first-order valence-electron chi connectivity index (χ1n) is 18.0. The lowest BCUT2D eigenvalue weighted by Gasteiger charge is -2.41. The molecular formula is C36H61N5O7S. The van der Waals surface area contributed by atoms with Gasteiger partial charge in [-0.2, -0.15) is 0 Å². The van der Waals surface area contributed by atoms with E-state index in [-0.39, 0.29) is 36.6 Å². The Morgan fingerprint density at radius 1 is 0.939 bits per heavy atom. The lowest BCUT2D eigenvalue weighted by Crippen LogP contribution is -2.64. The molecule has 0 aromatic carbocycles. The van der Waals surface area contributed by atoms with Crippen molar-refractivity contribution >= 4 is 39.4 Å². The molecule has 0 unspecified atom stereocenters. The topological polar surface area (TPSA) is 171 Å². The van der Waals surface area contributed by atoms with Crippen molar-refractivity contribution in [3.8, 4) is 0 Å². The van der Waals surface area contributed by atoms with E-state index in [9.17, 15) is 32.4 Å². The molecule has 3 rings (SSSR count). The number of hydrogen-bond acceptors (Lipinski definition) is 7. The van der Waals surface area contributed by atoms with E-state index in [2.05, 4.69) is 27.8 Å². The summed E-state index contributed by atoms with van der Waals surface area (Å²) in [7, 11) is -3.56. The maximum absolute atomic E-state index is 14.4. The number of urea groups is 1. The number of hydrogen-bond donors (Lipinski definition) is 4. The average Bonchev–Trinajstić information content (AvgIpc) is 3.69. The third-order valence-corrected chi connectivity index (χ3v) is 13.2. The van der Waals surface area contributed by atoms with Gasteiger partial charge < -0.3 is 26.2 Å². The molecule has 5 amide bonds. The Kier molecular flexibility index (Phi) is 13.2. The largest absolute Gasteiger partial charge is 0.346 e. The Bertz CT molecular complexity index is 1350. The molecule has 1 saturated heterocycles. The Labute approximate surface area is 293 Å². The summed E-state index contributed by atoms with van der Waals surface area (Å²) in [4.78, 5) is 69.5. The summed E-state index contributed by atoms with van der Waals surface area (Å²) in [6.07, 6.45) is 7.75. The van der Waals surface area contributed by atoms with Gasteiger partial charge in [-0.25, -0.2) is 13.2 Å². The standard InChI is InChI=1S/C36H61N5O7S/c1-10-19-37-31(44)28(42)26(21-24-14-15-24)38-30(43)27-25(23(2)3)16-20-41(27)32(45)29(34(4,5)6)39-33(46)40-36(17-12-11-13-18-36)22-49(47,48)35(7,8)9/h10,23-27,29H,1,11-22H2,2-9H3,(H,37,44)(H,38,43)(H2,39,40,46)/t25-,26+,27+,29-/m1/s1. The molecule has 0 spiro atoms. The van der Waals surface area contributed by atoms with Gasteiger partial charge in [0.05, 0.1) is 22.1 Å². The molecule has 1 heterocycles. The first kappa shape index (κ1) is 40.5. The molecule has 2 aliphatic carbocycles. The Morgan fingerprint density at radius 3 is 2.06 bits per heavy atom. The predicted molar refractivity (Wildman–Crippen MR) is 190 cm³/mol. The van der Waals surface area contributed by atoms with Gasteiger partial charge in [0.15, 0.2) is 9.84 Å². The number of likely N-dealkylation sites (tertiary alicyclic amines) is 1. The molecular weight excluding hydrogens is 646 g/mol. The maximum atomic E-state index is 14.4. The summed E-state index contributed by atoms with van der Waals surface area (Å²) in [5, 5.41) is 11.2. The number of carbonyl (C=O) groups is 5. The number of ketones is 1. The highest BCUT2D eigenvalue weighted by Crippen LogP contribution is 2.36. The van der Waals surface area contributed by atoms with Crippen LogP contribution in [-0.2, 0) is 29.0 Å². The van der Waals surface area contributed by atoms with E-state index in [4.69, 9.17) is 0 Å². The van der Waals surface area contributed by atoms with Crippen LogP contribution in [0.1, 0.15) is 113 Å². The highest BCUT2D eigenvalue weighted by atomic mass is 32.2. The smallest absolute Gasteiger partial charge is 0.315 e. The van der Waals surface area contributed by atoms with Crippen molar-refractivity contribution in [1.29, 1.82) is 0 Å². The summed E-state index contributed by atoms with van der Waals surface area (Å²) >= 11 is 0. The fraction of sp³-hybridized carbons (Fsp3) is 0.806. The third-order valence-electron chi connectivity index (χ3n) is 10.4. The number of nitrogens with zero attached hydrogens (tertiary/aromatic N) is 1. The van der Waals surface area contributed by atoms with Crippen molar-refractivity contribution < 1.29 is 32.4 Å². The van der Waals surface area contributed by atoms with E-state index >= 15 is 0 Å². The molecule has 4 atom stereocenters. The lowest BCUT2D eigenvalue weighted by atomic mass is 9.83. The van der Waals surface area contributed by atoms with Crippen molar-refractivity contribution in [1.82, 2.24) is 26.2 Å². The summed E-state index contributed by atoms with van der Waals surface area (Å²) in [6.45, 7) is 18.4. The number of Topliss-reactive ketones (excluding diaryl/α,β-unsaturated/α-hetero) is 1. The van der Waals surface area contributed by atoms with Gasteiger partial charge in [0.2, 0.25) is 17.6 Å². The first-order chi connectivity index (χ1) is 22.6. The summed E-state index contributed by atoms with van der Waals surface area (Å²) in [5.74, 6) is -2.58. The molecule has 278 valence electrons. The molecule has 4 N–H and O–H groups in total. The molecule has 0 radical (unpaired) electrons. The molecule has 3 aliphatic rings. The molecule has 0 aromatic rings. The van der Waals surface area contributed by atoms with Crippen LogP contribution in [0.5, 0.6) is 0 Å². The van der Waals surface area contributed by atoms with Crippen LogP contribution in [0.15, 0.2) is 12.7 Å². The predicted octanol–water partition coefficient (Wildman–Crippen LogP) is 3.65. The highest BCUT2D eigenvalue weighted by molar-refractivity contribution is 7.92. The molecule has 12 nitrogen and oxygen atoms in total. The van der Waals surface area contributed by atoms with Gasteiger partial charge in [-0.3, -0.25) is 19.2 Å². The minimum atomic E-state index is -3.56. The fourth-order valence-electron chi connectivity index (χ4n) is 7.02. The van der Waals surface area contributed by atoms with Gasteiger partial charge in [0.1, 0.15) is 12.1 Å². The molecule has 0 bridgehead atoms. The second-order valence-electron chi connectivity index (χ2n) is 16.9. The van der Waals surface area contributed by atoms with E-state index in [1.807, 2.05) is 34.6 Å². The van der Waals surface area contributed by atoms with Gasteiger partial charge in [0.25, 0.3) is 5.91 Å². The van der Waals surface area contributed by atoms with Crippen LogP contribution in [0, 0.1) is 23.2 Å². The zero-order valence-electron chi connectivity index (χ0n) is 30.9. The van der Waals surface area contributed by atoms with Crippen LogP contribution in [0.4, 0.5) is 4.79 Å². The SMILES string of the molecule is C=CCNC(=O)C(=O)[C@H](CC1CC1)NC(=O)[C@@H]1[C@@H](C(C)C)CCN1C(=O)[C@@H](NC(=O)NC1(CS(=O)(=O)C(C)(C)C)CCCCC1)C(C)(C)C. The zero-order valence-corrected chi connectivity index (χ0v) is 31.8. The number of nitrogens with one attached hydrogen (secondary N) is 4. The van der Waals surface area contributed by atoms with Gasteiger partial charge in [-0.1, -0.05) is 72.8 Å². The second kappa shape index (κ2) is 15.9. The minimum Gasteiger partial charge on any atom is -0.346 e. The van der Waals surface area contributed by atoms with Gasteiger partial charge in [0, 0.05) is 13.1 Å². The Hall–Kier alpha value is -2.96. The van der Waals surface area contributed by atoms with Crippen molar-refractivity contribution in [3.63, 3.8) is 0 Å². The molecule has 49 heavy (non-hydrogen) atoms. The molecule has 3 fully saturated rings. The quantitative estimate of drug-likeness (QED) is 0.158. The maximum Gasteiger partial charge on any atom is 0.315 e. The van der Waals surface area contributed by atoms with Crippen molar-refractivity contribution in [2.75, 3.05) is 18.8 Å².